The van der Waals surface area contributed by atoms with E-state index in [-0.39, 0.29) is 17.5 Å². The molecule has 3 rings (SSSR count). The van der Waals surface area contributed by atoms with Crippen LogP contribution in [0, 0.1) is 13.8 Å². The van der Waals surface area contributed by atoms with Crippen molar-refractivity contribution in [3.05, 3.63) is 95.6 Å². The van der Waals surface area contributed by atoms with Crippen molar-refractivity contribution < 1.29 is 9.22 Å². The van der Waals surface area contributed by atoms with Crippen LogP contribution < -0.4 is 16.1 Å². The Bertz CT molecular complexity index is 1040. The highest BCUT2D eigenvalue weighted by Crippen LogP contribution is 2.41. The molecular weight excluding hydrogens is 424 g/mol. The third-order valence-corrected chi connectivity index (χ3v) is 11.3. The number of hydrogen-bond donors (Lipinski definition) is 1. The molecule has 0 saturated heterocycles. The van der Waals surface area contributed by atoms with Crippen LogP contribution in [0.4, 0.5) is 0 Å². The number of amides is 1. The van der Waals surface area contributed by atoms with Gasteiger partial charge < -0.3 is 15.1 Å². The van der Waals surface area contributed by atoms with Gasteiger partial charge in [0.25, 0.3) is 8.32 Å². The lowest BCUT2D eigenvalue weighted by Gasteiger charge is -2.47. The van der Waals surface area contributed by atoms with Crippen LogP contribution >= 0.6 is 0 Å². The maximum absolute atomic E-state index is 12.8. The summed E-state index contributed by atoms with van der Waals surface area (Å²) in [5, 5.41) is 2.14. The number of nitrogens with zero attached hydrogens (tertiary/aromatic N) is 1. The van der Waals surface area contributed by atoms with E-state index in [9.17, 15) is 4.79 Å². The Hall–Kier alpha value is -2.73. The van der Waals surface area contributed by atoms with Gasteiger partial charge in [-0.15, -0.1) is 0 Å². The highest BCUT2D eigenvalue weighted by Gasteiger charge is 2.52. The third-order valence-electron chi connectivity index (χ3n) is 6.32. The normalized spacial score (nSPS) is 12.9. The van der Waals surface area contributed by atoms with Crippen LogP contribution in [0.15, 0.2) is 78.9 Å². The molecule has 0 aliphatic heterocycles. The fourth-order valence-electron chi connectivity index (χ4n) is 4.59. The van der Waals surface area contributed by atoms with Gasteiger partial charge in [0, 0.05) is 12.6 Å². The summed E-state index contributed by atoms with van der Waals surface area (Å²) in [6, 6.07) is 27.3. The maximum Gasteiger partial charge on any atom is 0.264 e. The number of carbonyl (C=O) groups excluding carboxylic acids is 1. The van der Waals surface area contributed by atoms with Crippen LogP contribution in [0.5, 0.6) is 0 Å². The molecule has 33 heavy (non-hydrogen) atoms. The summed E-state index contributed by atoms with van der Waals surface area (Å²) in [5.74, 6) is -0.155. The standard InChI is InChI=1S/C28H36N2O2Si/c1-21-17-18-25(22(2)19-21)27(30(6)26(31)20-29)32-33(28(3,4)5,23-13-9-7-10-14-23)24-15-11-8-12-16-24/h7-19,27H,20,29H2,1-6H3. The molecule has 1 atom stereocenters. The molecule has 0 bridgehead atoms. The number of benzene rings is 3. The SMILES string of the molecule is Cc1ccc(C(O[Si](c2ccccc2)(c2ccccc2)C(C)(C)C)N(C)C(=O)CN)c(C)c1. The van der Waals surface area contributed by atoms with Crippen LogP contribution in [0.2, 0.25) is 5.04 Å². The number of rotatable bonds is 7. The maximum atomic E-state index is 12.8. The summed E-state index contributed by atoms with van der Waals surface area (Å²) in [6.45, 7) is 10.8. The predicted molar refractivity (Wildman–Crippen MR) is 139 cm³/mol. The first-order valence-electron chi connectivity index (χ1n) is 11.4. The fraction of sp³-hybridized carbons (Fsp3) is 0.321. The quantitative estimate of drug-likeness (QED) is 0.423. The molecule has 0 aromatic heterocycles. The van der Waals surface area contributed by atoms with Crippen molar-refractivity contribution in [2.75, 3.05) is 13.6 Å². The van der Waals surface area contributed by atoms with Gasteiger partial charge in [-0.1, -0.05) is 105 Å². The van der Waals surface area contributed by atoms with Gasteiger partial charge in [0.1, 0.15) is 6.23 Å². The number of aryl methyl sites for hydroxylation is 2. The van der Waals surface area contributed by atoms with E-state index in [0.717, 1.165) is 11.1 Å². The number of hydrogen-bond acceptors (Lipinski definition) is 3. The van der Waals surface area contributed by atoms with Gasteiger partial charge in [0.2, 0.25) is 5.91 Å². The average Bonchev–Trinajstić information content (AvgIpc) is 2.80. The first-order chi connectivity index (χ1) is 15.6. The molecule has 1 amide bonds. The molecule has 3 aromatic carbocycles. The van der Waals surface area contributed by atoms with Gasteiger partial charge >= 0.3 is 0 Å². The molecule has 0 fully saturated rings. The second-order valence-corrected chi connectivity index (χ2v) is 14.0. The van der Waals surface area contributed by atoms with Gasteiger partial charge in [0.15, 0.2) is 0 Å². The predicted octanol–water partition coefficient (Wildman–Crippen LogP) is 4.30. The summed E-state index contributed by atoms with van der Waals surface area (Å²) in [6.07, 6.45) is -0.562. The molecule has 0 saturated carbocycles. The Morgan fingerprint density at radius 1 is 0.939 bits per heavy atom. The Balaban J connectivity index is 2.30. The van der Waals surface area contributed by atoms with Crippen LogP contribution in [0.1, 0.15) is 43.7 Å². The van der Waals surface area contributed by atoms with Gasteiger partial charge in [0.05, 0.1) is 6.54 Å². The largest absolute Gasteiger partial charge is 0.384 e. The zero-order valence-corrected chi connectivity index (χ0v) is 21.6. The van der Waals surface area contributed by atoms with E-state index in [4.69, 9.17) is 10.2 Å². The fourth-order valence-corrected chi connectivity index (χ4v) is 9.22. The van der Waals surface area contributed by atoms with Crippen molar-refractivity contribution in [2.24, 2.45) is 5.73 Å². The number of likely N-dealkylation sites (N-methyl/N-ethyl adjacent to an activating group) is 1. The van der Waals surface area contributed by atoms with Crippen LogP contribution in [-0.2, 0) is 9.22 Å². The van der Waals surface area contributed by atoms with E-state index >= 15 is 0 Å². The van der Waals surface area contributed by atoms with Crippen LogP contribution in [0.25, 0.3) is 0 Å². The van der Waals surface area contributed by atoms with E-state index in [0.29, 0.717) is 0 Å². The summed E-state index contributed by atoms with van der Waals surface area (Å²) < 4.78 is 7.35. The number of carbonyl (C=O) groups is 1. The van der Waals surface area contributed by atoms with Crippen LogP contribution in [-0.4, -0.2) is 32.7 Å². The molecular formula is C28H36N2O2Si. The minimum Gasteiger partial charge on any atom is -0.384 e. The van der Waals surface area contributed by atoms with Gasteiger partial charge in [-0.3, -0.25) is 4.79 Å². The highest BCUT2D eigenvalue weighted by atomic mass is 28.4. The molecule has 4 nitrogen and oxygen atoms in total. The molecule has 0 aliphatic rings. The molecule has 0 spiro atoms. The highest BCUT2D eigenvalue weighted by molar-refractivity contribution is 6.99. The Morgan fingerprint density at radius 2 is 1.45 bits per heavy atom. The summed E-state index contributed by atoms with van der Waals surface area (Å²) in [7, 11) is -1.10. The lowest BCUT2D eigenvalue weighted by Crippen LogP contribution is -2.67. The first kappa shape index (κ1) is 24.9. The van der Waals surface area contributed by atoms with Gasteiger partial charge in [-0.05, 0) is 34.8 Å². The van der Waals surface area contributed by atoms with Crippen molar-refractivity contribution in [1.29, 1.82) is 0 Å². The molecule has 2 N–H and O–H groups in total. The third kappa shape index (κ3) is 4.96. The first-order valence-corrected chi connectivity index (χ1v) is 13.3. The Morgan fingerprint density at radius 3 is 1.88 bits per heavy atom. The smallest absolute Gasteiger partial charge is 0.264 e. The average molecular weight is 461 g/mol. The number of nitrogens with two attached hydrogens (primary N) is 1. The van der Waals surface area contributed by atoms with E-state index in [1.807, 2.05) is 12.1 Å². The molecule has 0 aliphatic carbocycles. The monoisotopic (exact) mass is 460 g/mol. The Kier molecular flexibility index (Phi) is 7.57. The zero-order chi connectivity index (χ0) is 24.2. The van der Waals surface area contributed by atoms with E-state index in [1.165, 1.54) is 15.9 Å². The van der Waals surface area contributed by atoms with Gasteiger partial charge in [-0.25, -0.2) is 0 Å². The zero-order valence-electron chi connectivity index (χ0n) is 20.6. The minimum absolute atomic E-state index is 0.0674. The van der Waals surface area contributed by atoms with Crippen LogP contribution in [0.3, 0.4) is 0 Å². The van der Waals surface area contributed by atoms with E-state index in [2.05, 4.69) is 101 Å². The van der Waals surface area contributed by atoms with Crippen molar-refractivity contribution in [3.63, 3.8) is 0 Å². The molecule has 1 unspecified atom stereocenters. The Labute approximate surface area is 199 Å². The summed E-state index contributed by atoms with van der Waals surface area (Å²) in [4.78, 5) is 14.5. The minimum atomic E-state index is -2.89. The summed E-state index contributed by atoms with van der Waals surface area (Å²) in [5.41, 5.74) is 9.04. The molecule has 0 radical (unpaired) electrons. The lowest BCUT2D eigenvalue weighted by atomic mass is 10.0. The van der Waals surface area contributed by atoms with Crippen molar-refractivity contribution in [1.82, 2.24) is 4.90 Å². The molecule has 0 heterocycles. The topological polar surface area (TPSA) is 55.6 Å². The van der Waals surface area contributed by atoms with E-state index in [1.54, 1.807) is 11.9 Å². The van der Waals surface area contributed by atoms with Gasteiger partial charge in [-0.2, -0.15) is 0 Å². The second kappa shape index (κ2) is 10.0. The van der Waals surface area contributed by atoms with Crippen molar-refractivity contribution >= 4 is 24.6 Å². The van der Waals surface area contributed by atoms with Crippen molar-refractivity contribution in [3.8, 4) is 0 Å². The second-order valence-electron chi connectivity index (χ2n) is 9.70. The molecule has 3 aromatic rings. The van der Waals surface area contributed by atoms with Crippen molar-refractivity contribution in [2.45, 2.75) is 45.9 Å². The van der Waals surface area contributed by atoms with E-state index < -0.39 is 14.5 Å². The lowest BCUT2D eigenvalue weighted by molar-refractivity contribution is -0.136. The molecule has 174 valence electrons. The molecule has 5 heteroatoms. The summed E-state index contributed by atoms with van der Waals surface area (Å²) >= 11 is 0.